The third kappa shape index (κ3) is 3.39. The van der Waals surface area contributed by atoms with Crippen molar-refractivity contribution in [2.45, 2.75) is 30.8 Å². The number of hydrogen-bond donors (Lipinski definition) is 0. The Bertz CT molecular complexity index is 577. The quantitative estimate of drug-likeness (QED) is 0.823. The number of rotatable bonds is 4. The third-order valence-corrected chi connectivity index (χ3v) is 5.65. The van der Waals surface area contributed by atoms with E-state index in [4.69, 9.17) is 4.74 Å². The van der Waals surface area contributed by atoms with E-state index < -0.39 is 15.8 Å². The first-order chi connectivity index (χ1) is 9.45. The molecule has 0 amide bonds. The minimum atomic E-state index is -3.80. The number of nitrogens with zero attached hydrogens (tertiary/aromatic N) is 1. The molecule has 20 heavy (non-hydrogen) atoms. The van der Waals surface area contributed by atoms with Crippen LogP contribution in [0, 0.1) is 5.82 Å². The van der Waals surface area contributed by atoms with Crippen LogP contribution in [0.3, 0.4) is 0 Å². The molecule has 1 unspecified atom stereocenters. The topological polar surface area (TPSA) is 46.6 Å². The van der Waals surface area contributed by atoms with E-state index >= 15 is 0 Å². The molecule has 0 radical (unpaired) electrons. The lowest BCUT2D eigenvalue weighted by Gasteiger charge is -2.31. The molecular weight excluding hydrogens is 349 g/mol. The molecule has 0 aromatic heterocycles. The molecule has 1 atom stereocenters. The smallest absolute Gasteiger partial charge is 0.246 e. The Morgan fingerprint density at radius 1 is 1.50 bits per heavy atom. The van der Waals surface area contributed by atoms with Gasteiger partial charge in [0.2, 0.25) is 10.0 Å². The van der Waals surface area contributed by atoms with Gasteiger partial charge in [0.1, 0.15) is 10.7 Å². The van der Waals surface area contributed by atoms with Crippen molar-refractivity contribution >= 4 is 26.0 Å². The molecule has 4 nitrogen and oxygen atoms in total. The molecule has 7 heteroatoms. The summed E-state index contributed by atoms with van der Waals surface area (Å²) in [5.74, 6) is -0.738. The Kier molecular flexibility index (Phi) is 5.17. The predicted molar refractivity (Wildman–Crippen MR) is 77.5 cm³/mol. The van der Waals surface area contributed by atoms with E-state index in [1.165, 1.54) is 16.4 Å². The molecule has 0 saturated carbocycles. The maximum absolute atomic E-state index is 13.9. The normalized spacial score (nSPS) is 21.1. The van der Waals surface area contributed by atoms with Gasteiger partial charge in [0.25, 0.3) is 0 Å². The molecule has 1 fully saturated rings. The zero-order chi connectivity index (χ0) is 14.8. The fourth-order valence-electron chi connectivity index (χ4n) is 2.32. The van der Waals surface area contributed by atoms with Crippen molar-refractivity contribution in [3.05, 3.63) is 28.5 Å². The van der Waals surface area contributed by atoms with Crippen molar-refractivity contribution in [1.82, 2.24) is 4.31 Å². The van der Waals surface area contributed by atoms with Gasteiger partial charge in [0.05, 0.1) is 6.10 Å². The lowest BCUT2D eigenvalue weighted by atomic mass is 10.1. The van der Waals surface area contributed by atoms with Crippen LogP contribution < -0.4 is 0 Å². The van der Waals surface area contributed by atoms with Gasteiger partial charge in [-0.05, 0) is 38.0 Å². The zero-order valence-electron chi connectivity index (χ0n) is 11.2. The summed E-state index contributed by atoms with van der Waals surface area (Å²) >= 11 is 3.12. The molecule has 112 valence electrons. The minimum absolute atomic E-state index is 0.109. The summed E-state index contributed by atoms with van der Waals surface area (Å²) < 4.78 is 46.2. The number of halogens is 2. The second-order valence-corrected chi connectivity index (χ2v) is 7.48. The van der Waals surface area contributed by atoms with Gasteiger partial charge in [-0.15, -0.1) is 0 Å². The Hall–Kier alpha value is -0.500. The molecule has 0 spiro atoms. The maximum Gasteiger partial charge on any atom is 0.246 e. The molecule has 0 N–H and O–H groups in total. The van der Waals surface area contributed by atoms with Crippen molar-refractivity contribution in [2.24, 2.45) is 0 Å². The van der Waals surface area contributed by atoms with Crippen LogP contribution in [0.5, 0.6) is 0 Å². The van der Waals surface area contributed by atoms with Crippen LogP contribution in [-0.4, -0.2) is 38.5 Å². The first-order valence-corrected chi connectivity index (χ1v) is 8.75. The standard InChI is InChI=1S/C13H17BrFNO3S/c1-2-19-11-4-3-7-16(9-11)20(17,18)13-6-5-10(14)8-12(13)15/h5-6,8,11H,2-4,7,9H2,1H3. The number of benzene rings is 1. The fraction of sp³-hybridized carbons (Fsp3) is 0.538. The lowest BCUT2D eigenvalue weighted by Crippen LogP contribution is -2.43. The van der Waals surface area contributed by atoms with Crippen LogP contribution in [0.25, 0.3) is 0 Å². The number of hydrogen-bond acceptors (Lipinski definition) is 3. The van der Waals surface area contributed by atoms with Gasteiger partial charge < -0.3 is 4.74 Å². The van der Waals surface area contributed by atoms with E-state index in [-0.39, 0.29) is 17.5 Å². The number of sulfonamides is 1. The molecule has 2 rings (SSSR count). The van der Waals surface area contributed by atoms with Crippen molar-refractivity contribution < 1.29 is 17.5 Å². The summed E-state index contributed by atoms with van der Waals surface area (Å²) in [5, 5.41) is 0. The van der Waals surface area contributed by atoms with Crippen LogP contribution in [0.2, 0.25) is 0 Å². The molecule has 1 aliphatic rings. The van der Waals surface area contributed by atoms with Gasteiger partial charge in [-0.3, -0.25) is 0 Å². The van der Waals surface area contributed by atoms with E-state index in [1.807, 2.05) is 6.92 Å². The molecule has 1 saturated heterocycles. The maximum atomic E-state index is 13.9. The van der Waals surface area contributed by atoms with Crippen molar-refractivity contribution in [3.63, 3.8) is 0 Å². The third-order valence-electron chi connectivity index (χ3n) is 3.26. The van der Waals surface area contributed by atoms with Gasteiger partial charge >= 0.3 is 0 Å². The average molecular weight is 366 g/mol. The highest BCUT2D eigenvalue weighted by Gasteiger charge is 2.32. The summed E-state index contributed by atoms with van der Waals surface area (Å²) in [5.41, 5.74) is 0. The van der Waals surface area contributed by atoms with Crippen LogP contribution in [-0.2, 0) is 14.8 Å². The molecule has 1 heterocycles. The Morgan fingerprint density at radius 3 is 2.90 bits per heavy atom. The van der Waals surface area contributed by atoms with E-state index in [2.05, 4.69) is 15.9 Å². The molecule has 1 aliphatic heterocycles. The van der Waals surface area contributed by atoms with Gasteiger partial charge in [-0.2, -0.15) is 4.31 Å². The first kappa shape index (κ1) is 15.9. The second kappa shape index (κ2) is 6.51. The monoisotopic (exact) mass is 365 g/mol. The zero-order valence-corrected chi connectivity index (χ0v) is 13.6. The summed E-state index contributed by atoms with van der Waals surface area (Å²) in [4.78, 5) is -0.280. The summed E-state index contributed by atoms with van der Waals surface area (Å²) in [6.45, 7) is 3.11. The Labute approximate surface area is 127 Å². The van der Waals surface area contributed by atoms with E-state index in [0.717, 1.165) is 18.9 Å². The van der Waals surface area contributed by atoms with Crippen LogP contribution in [0.15, 0.2) is 27.6 Å². The predicted octanol–water partition coefficient (Wildman–Crippen LogP) is 2.78. The summed E-state index contributed by atoms with van der Waals surface area (Å²) in [6.07, 6.45) is 1.45. The largest absolute Gasteiger partial charge is 0.377 e. The van der Waals surface area contributed by atoms with Crippen molar-refractivity contribution in [3.8, 4) is 0 Å². The fourth-order valence-corrected chi connectivity index (χ4v) is 4.21. The second-order valence-electron chi connectivity index (χ2n) is 4.66. The molecule has 1 aromatic rings. The van der Waals surface area contributed by atoms with E-state index in [9.17, 15) is 12.8 Å². The van der Waals surface area contributed by atoms with E-state index in [1.54, 1.807) is 0 Å². The molecule has 0 aliphatic carbocycles. The van der Waals surface area contributed by atoms with Crippen LogP contribution in [0.4, 0.5) is 4.39 Å². The van der Waals surface area contributed by atoms with Crippen molar-refractivity contribution in [1.29, 1.82) is 0 Å². The summed E-state index contributed by atoms with van der Waals surface area (Å²) in [7, 11) is -3.80. The summed E-state index contributed by atoms with van der Waals surface area (Å²) in [6, 6.07) is 3.98. The van der Waals surface area contributed by atoms with Gasteiger partial charge in [0.15, 0.2) is 0 Å². The minimum Gasteiger partial charge on any atom is -0.377 e. The molecular formula is C13H17BrFNO3S. The number of ether oxygens (including phenoxy) is 1. The highest BCUT2D eigenvalue weighted by molar-refractivity contribution is 9.10. The highest BCUT2D eigenvalue weighted by atomic mass is 79.9. The molecule has 0 bridgehead atoms. The van der Waals surface area contributed by atoms with Crippen LogP contribution in [0.1, 0.15) is 19.8 Å². The van der Waals surface area contributed by atoms with Gasteiger partial charge in [0, 0.05) is 24.2 Å². The van der Waals surface area contributed by atoms with Crippen LogP contribution >= 0.6 is 15.9 Å². The Morgan fingerprint density at radius 2 is 2.25 bits per heavy atom. The number of piperidine rings is 1. The highest BCUT2D eigenvalue weighted by Crippen LogP contribution is 2.25. The SMILES string of the molecule is CCOC1CCCN(S(=O)(=O)c2ccc(Br)cc2F)C1. The van der Waals surface area contributed by atoms with Gasteiger partial charge in [-0.1, -0.05) is 15.9 Å². The van der Waals surface area contributed by atoms with Crippen molar-refractivity contribution in [2.75, 3.05) is 19.7 Å². The van der Waals surface area contributed by atoms with Gasteiger partial charge in [-0.25, -0.2) is 12.8 Å². The Balaban J connectivity index is 2.25. The average Bonchev–Trinajstić information content (AvgIpc) is 2.39. The first-order valence-electron chi connectivity index (χ1n) is 6.52. The van der Waals surface area contributed by atoms with E-state index in [0.29, 0.717) is 17.6 Å². The lowest BCUT2D eigenvalue weighted by molar-refractivity contribution is 0.0264. The molecule has 1 aromatic carbocycles.